The van der Waals surface area contributed by atoms with Gasteiger partial charge in [-0.3, -0.25) is 19.7 Å². The first kappa shape index (κ1) is 14.7. The van der Waals surface area contributed by atoms with Gasteiger partial charge in [0.1, 0.15) is 0 Å². The molecule has 6 nitrogen and oxygen atoms in total. The van der Waals surface area contributed by atoms with Crippen molar-refractivity contribution in [2.75, 3.05) is 11.9 Å². The van der Waals surface area contributed by atoms with Crippen LogP contribution in [0.5, 0.6) is 5.75 Å². The standard InChI is InChI=1S/C13H16N2O4/c1-3-12(17)15-13(18)8-14-10-6-4-5-7-11(10)19-9(2)16/h4-7,14H,3,8H2,1-2H3,(H,15,17,18). The lowest BCUT2D eigenvalue weighted by Crippen LogP contribution is -2.34. The molecule has 0 radical (unpaired) electrons. The monoisotopic (exact) mass is 264 g/mol. The molecule has 0 unspecified atom stereocenters. The maximum absolute atomic E-state index is 11.4. The predicted octanol–water partition coefficient (Wildman–Crippen LogP) is 1.08. The van der Waals surface area contributed by atoms with Crippen molar-refractivity contribution in [3.05, 3.63) is 24.3 Å². The third-order valence-corrected chi connectivity index (χ3v) is 2.18. The molecule has 1 rings (SSSR count). The molecule has 0 aliphatic carbocycles. The van der Waals surface area contributed by atoms with Crippen molar-refractivity contribution in [1.82, 2.24) is 5.32 Å². The molecule has 0 atom stereocenters. The number of nitrogens with one attached hydrogen (secondary N) is 2. The van der Waals surface area contributed by atoms with Gasteiger partial charge >= 0.3 is 5.97 Å². The van der Waals surface area contributed by atoms with Gasteiger partial charge in [0, 0.05) is 13.3 Å². The number of imide groups is 1. The van der Waals surface area contributed by atoms with Gasteiger partial charge in [0.25, 0.3) is 0 Å². The minimum Gasteiger partial charge on any atom is -0.425 e. The topological polar surface area (TPSA) is 84.5 Å². The quantitative estimate of drug-likeness (QED) is 0.614. The first-order chi connectivity index (χ1) is 9.02. The Labute approximate surface area is 111 Å². The zero-order valence-electron chi connectivity index (χ0n) is 10.9. The lowest BCUT2D eigenvalue weighted by atomic mass is 10.3. The third-order valence-electron chi connectivity index (χ3n) is 2.18. The van der Waals surface area contributed by atoms with Crippen LogP contribution in [0.1, 0.15) is 20.3 Å². The smallest absolute Gasteiger partial charge is 0.308 e. The number of benzene rings is 1. The van der Waals surface area contributed by atoms with E-state index in [1.807, 2.05) is 0 Å². The van der Waals surface area contributed by atoms with E-state index in [1.54, 1.807) is 31.2 Å². The highest BCUT2D eigenvalue weighted by Crippen LogP contribution is 2.23. The van der Waals surface area contributed by atoms with E-state index >= 15 is 0 Å². The van der Waals surface area contributed by atoms with Crippen LogP contribution in [-0.4, -0.2) is 24.3 Å². The second kappa shape index (κ2) is 7.15. The molecule has 0 saturated heterocycles. The molecule has 19 heavy (non-hydrogen) atoms. The van der Waals surface area contributed by atoms with Crippen molar-refractivity contribution in [3.8, 4) is 5.75 Å². The Morgan fingerprint density at radius 3 is 2.47 bits per heavy atom. The van der Waals surface area contributed by atoms with E-state index in [1.165, 1.54) is 6.92 Å². The fraction of sp³-hybridized carbons (Fsp3) is 0.308. The number of esters is 1. The zero-order valence-corrected chi connectivity index (χ0v) is 10.9. The van der Waals surface area contributed by atoms with Crippen molar-refractivity contribution >= 4 is 23.5 Å². The van der Waals surface area contributed by atoms with Gasteiger partial charge < -0.3 is 10.1 Å². The second-order valence-electron chi connectivity index (χ2n) is 3.77. The third kappa shape index (κ3) is 5.20. The summed E-state index contributed by atoms with van der Waals surface area (Å²) in [5.74, 6) is -0.881. The first-order valence-electron chi connectivity index (χ1n) is 5.87. The minimum atomic E-state index is -0.445. The number of hydrogen-bond donors (Lipinski definition) is 2. The Hall–Kier alpha value is -2.37. The SMILES string of the molecule is CCC(=O)NC(=O)CNc1ccccc1OC(C)=O. The van der Waals surface area contributed by atoms with Crippen LogP contribution >= 0.6 is 0 Å². The Balaban J connectivity index is 2.60. The van der Waals surface area contributed by atoms with E-state index in [0.29, 0.717) is 11.4 Å². The molecule has 0 fully saturated rings. The molecule has 0 aromatic heterocycles. The van der Waals surface area contributed by atoms with Crippen LogP contribution in [0.25, 0.3) is 0 Å². The molecular weight excluding hydrogens is 248 g/mol. The molecule has 102 valence electrons. The van der Waals surface area contributed by atoms with E-state index in [0.717, 1.165) is 0 Å². The zero-order chi connectivity index (χ0) is 14.3. The largest absolute Gasteiger partial charge is 0.425 e. The molecular formula is C13H16N2O4. The number of hydrogen-bond acceptors (Lipinski definition) is 5. The van der Waals surface area contributed by atoms with Crippen LogP contribution in [0.2, 0.25) is 0 Å². The fourth-order valence-electron chi connectivity index (χ4n) is 1.32. The van der Waals surface area contributed by atoms with Crippen LogP contribution in [0, 0.1) is 0 Å². The summed E-state index contributed by atoms with van der Waals surface area (Å²) < 4.78 is 4.98. The lowest BCUT2D eigenvalue weighted by Gasteiger charge is -2.10. The molecule has 6 heteroatoms. The summed E-state index contributed by atoms with van der Waals surface area (Å²) in [6.45, 7) is 2.87. The van der Waals surface area contributed by atoms with Crippen molar-refractivity contribution in [2.24, 2.45) is 0 Å². The molecule has 2 N–H and O–H groups in total. The van der Waals surface area contributed by atoms with Gasteiger partial charge in [-0.15, -0.1) is 0 Å². The summed E-state index contributed by atoms with van der Waals surface area (Å²) in [5.41, 5.74) is 0.511. The average molecular weight is 264 g/mol. The normalized spacial score (nSPS) is 9.58. The van der Waals surface area contributed by atoms with Crippen molar-refractivity contribution < 1.29 is 19.1 Å². The summed E-state index contributed by atoms with van der Waals surface area (Å²) in [5, 5.41) is 5.02. The summed E-state index contributed by atoms with van der Waals surface area (Å²) >= 11 is 0. The Morgan fingerprint density at radius 1 is 1.16 bits per heavy atom. The maximum atomic E-state index is 11.4. The molecule has 1 aromatic rings. The summed E-state index contributed by atoms with van der Waals surface area (Å²) in [7, 11) is 0. The molecule has 1 aromatic carbocycles. The lowest BCUT2D eigenvalue weighted by molar-refractivity contribution is -0.132. The average Bonchev–Trinajstić information content (AvgIpc) is 2.37. The van der Waals surface area contributed by atoms with Gasteiger partial charge in [0.05, 0.1) is 12.2 Å². The van der Waals surface area contributed by atoms with Crippen LogP contribution < -0.4 is 15.4 Å². The Kier molecular flexibility index (Phi) is 5.53. The number of carbonyl (C=O) groups excluding carboxylic acids is 3. The predicted molar refractivity (Wildman–Crippen MR) is 69.7 cm³/mol. The van der Waals surface area contributed by atoms with Crippen molar-refractivity contribution in [3.63, 3.8) is 0 Å². The fourth-order valence-corrected chi connectivity index (χ4v) is 1.32. The maximum Gasteiger partial charge on any atom is 0.308 e. The summed E-state index contributed by atoms with van der Waals surface area (Å²) in [6, 6.07) is 6.74. The molecule has 0 saturated carbocycles. The van der Waals surface area contributed by atoms with E-state index < -0.39 is 11.9 Å². The summed E-state index contributed by atoms with van der Waals surface area (Å²) in [6.07, 6.45) is 0.246. The molecule has 0 bridgehead atoms. The summed E-state index contributed by atoms with van der Waals surface area (Å²) in [4.78, 5) is 33.3. The van der Waals surface area contributed by atoms with E-state index in [2.05, 4.69) is 10.6 Å². The second-order valence-corrected chi connectivity index (χ2v) is 3.77. The number of amides is 2. The van der Waals surface area contributed by atoms with Crippen LogP contribution in [-0.2, 0) is 14.4 Å². The first-order valence-corrected chi connectivity index (χ1v) is 5.87. The van der Waals surface area contributed by atoms with Gasteiger partial charge in [-0.2, -0.15) is 0 Å². The van der Waals surface area contributed by atoms with Gasteiger partial charge in [-0.05, 0) is 12.1 Å². The molecule has 0 heterocycles. The molecule has 0 spiro atoms. The van der Waals surface area contributed by atoms with E-state index in [-0.39, 0.29) is 18.9 Å². The van der Waals surface area contributed by atoms with Gasteiger partial charge in [0.15, 0.2) is 5.75 Å². The minimum absolute atomic E-state index is 0.0793. The highest BCUT2D eigenvalue weighted by atomic mass is 16.5. The number of rotatable bonds is 5. The highest BCUT2D eigenvalue weighted by Gasteiger charge is 2.08. The van der Waals surface area contributed by atoms with E-state index in [4.69, 9.17) is 4.74 Å². The Morgan fingerprint density at radius 2 is 1.84 bits per heavy atom. The van der Waals surface area contributed by atoms with Crippen LogP contribution in [0.3, 0.4) is 0 Å². The van der Waals surface area contributed by atoms with Crippen molar-refractivity contribution in [1.29, 1.82) is 0 Å². The van der Waals surface area contributed by atoms with Crippen LogP contribution in [0.4, 0.5) is 5.69 Å². The van der Waals surface area contributed by atoms with Crippen LogP contribution in [0.15, 0.2) is 24.3 Å². The molecule has 2 amide bonds. The van der Waals surface area contributed by atoms with Gasteiger partial charge in [-0.25, -0.2) is 0 Å². The Bertz CT molecular complexity index is 485. The van der Waals surface area contributed by atoms with Gasteiger partial charge in [0.2, 0.25) is 11.8 Å². The highest BCUT2D eigenvalue weighted by molar-refractivity contribution is 5.97. The number of para-hydroxylation sites is 2. The van der Waals surface area contributed by atoms with Crippen molar-refractivity contribution in [2.45, 2.75) is 20.3 Å². The number of anilines is 1. The van der Waals surface area contributed by atoms with E-state index in [9.17, 15) is 14.4 Å². The van der Waals surface area contributed by atoms with Gasteiger partial charge in [-0.1, -0.05) is 19.1 Å². The number of carbonyl (C=O) groups is 3. The molecule has 0 aliphatic heterocycles. The number of ether oxygens (including phenoxy) is 1. The molecule has 0 aliphatic rings.